The van der Waals surface area contributed by atoms with Crippen molar-refractivity contribution < 1.29 is 23.8 Å². The van der Waals surface area contributed by atoms with Gasteiger partial charge in [0.2, 0.25) is 11.7 Å². The SMILES string of the molecule is COc1cc(CCC(=O)NNC(=O)CNc2ccc(C)cc2)cc(OC)c1OC. The number of aryl methyl sites for hydroxylation is 2. The van der Waals surface area contributed by atoms with Gasteiger partial charge in [-0.1, -0.05) is 17.7 Å². The number of hydrogen-bond donors (Lipinski definition) is 3. The number of benzene rings is 2. The molecule has 2 aromatic rings. The van der Waals surface area contributed by atoms with Crippen molar-refractivity contribution >= 4 is 17.5 Å². The Kier molecular flexibility index (Phi) is 8.14. The average Bonchev–Trinajstić information content (AvgIpc) is 2.74. The second-order valence-electron chi connectivity index (χ2n) is 6.35. The molecule has 8 heteroatoms. The summed E-state index contributed by atoms with van der Waals surface area (Å²) in [5, 5.41) is 2.99. The number of carbonyl (C=O) groups excluding carboxylic acids is 2. The van der Waals surface area contributed by atoms with Gasteiger partial charge in [-0.15, -0.1) is 0 Å². The summed E-state index contributed by atoms with van der Waals surface area (Å²) >= 11 is 0. The molecule has 0 bridgehead atoms. The Hall–Kier alpha value is -3.42. The highest BCUT2D eigenvalue weighted by molar-refractivity contribution is 5.84. The van der Waals surface area contributed by atoms with Crippen LogP contribution >= 0.6 is 0 Å². The summed E-state index contributed by atoms with van der Waals surface area (Å²) in [5.74, 6) is 0.904. The molecule has 0 aliphatic rings. The van der Waals surface area contributed by atoms with Crippen molar-refractivity contribution in [2.24, 2.45) is 0 Å². The van der Waals surface area contributed by atoms with Gasteiger partial charge in [0, 0.05) is 12.1 Å². The van der Waals surface area contributed by atoms with Gasteiger partial charge in [0.25, 0.3) is 5.91 Å². The maximum Gasteiger partial charge on any atom is 0.257 e. The van der Waals surface area contributed by atoms with Crippen LogP contribution in [0.3, 0.4) is 0 Å². The summed E-state index contributed by atoms with van der Waals surface area (Å²) in [6, 6.07) is 11.3. The van der Waals surface area contributed by atoms with Crippen LogP contribution in [-0.4, -0.2) is 39.7 Å². The lowest BCUT2D eigenvalue weighted by Gasteiger charge is -2.14. The molecule has 0 aromatic heterocycles. The largest absolute Gasteiger partial charge is 0.493 e. The van der Waals surface area contributed by atoms with Gasteiger partial charge >= 0.3 is 0 Å². The van der Waals surface area contributed by atoms with Gasteiger partial charge in [-0.25, -0.2) is 0 Å². The van der Waals surface area contributed by atoms with Crippen molar-refractivity contribution in [2.45, 2.75) is 19.8 Å². The van der Waals surface area contributed by atoms with Gasteiger partial charge in [0.1, 0.15) is 0 Å². The minimum atomic E-state index is -0.341. The third-order valence-corrected chi connectivity index (χ3v) is 4.21. The maximum atomic E-state index is 12.0. The molecule has 8 nitrogen and oxygen atoms in total. The number of carbonyl (C=O) groups is 2. The fraction of sp³-hybridized carbons (Fsp3) is 0.333. The lowest BCUT2D eigenvalue weighted by atomic mass is 10.1. The van der Waals surface area contributed by atoms with E-state index in [9.17, 15) is 9.59 Å². The quantitative estimate of drug-likeness (QED) is 0.558. The number of hydrazine groups is 1. The van der Waals surface area contributed by atoms with Crippen molar-refractivity contribution in [1.82, 2.24) is 10.9 Å². The minimum Gasteiger partial charge on any atom is -0.493 e. The van der Waals surface area contributed by atoms with Gasteiger partial charge in [-0.3, -0.25) is 20.4 Å². The van der Waals surface area contributed by atoms with Crippen LogP contribution in [0.2, 0.25) is 0 Å². The molecule has 0 heterocycles. The van der Waals surface area contributed by atoms with Crippen molar-refractivity contribution in [3.63, 3.8) is 0 Å². The number of anilines is 1. The van der Waals surface area contributed by atoms with E-state index in [2.05, 4.69) is 16.2 Å². The topological polar surface area (TPSA) is 97.9 Å². The van der Waals surface area contributed by atoms with Crippen LogP contribution in [0.15, 0.2) is 36.4 Å². The highest BCUT2D eigenvalue weighted by Crippen LogP contribution is 2.38. The monoisotopic (exact) mass is 401 g/mol. The van der Waals surface area contributed by atoms with Gasteiger partial charge in [-0.2, -0.15) is 0 Å². The number of rotatable bonds is 9. The Balaban J connectivity index is 1.79. The fourth-order valence-electron chi connectivity index (χ4n) is 2.64. The van der Waals surface area contributed by atoms with Crippen molar-refractivity contribution in [2.75, 3.05) is 33.2 Å². The van der Waals surface area contributed by atoms with Crippen LogP contribution in [-0.2, 0) is 16.0 Å². The Labute approximate surface area is 170 Å². The summed E-state index contributed by atoms with van der Waals surface area (Å²) in [5.41, 5.74) is 7.63. The van der Waals surface area contributed by atoms with Gasteiger partial charge in [-0.05, 0) is 43.2 Å². The Morgan fingerprint density at radius 1 is 0.862 bits per heavy atom. The molecule has 0 atom stereocenters. The lowest BCUT2D eigenvalue weighted by Crippen LogP contribution is -2.44. The molecule has 0 aliphatic heterocycles. The van der Waals surface area contributed by atoms with Crippen LogP contribution in [0.5, 0.6) is 17.2 Å². The first kappa shape index (κ1) is 21.9. The summed E-state index contributed by atoms with van der Waals surface area (Å²) in [6.45, 7) is 2.04. The van der Waals surface area contributed by atoms with E-state index in [4.69, 9.17) is 14.2 Å². The zero-order valence-electron chi connectivity index (χ0n) is 17.1. The van der Waals surface area contributed by atoms with E-state index in [1.54, 1.807) is 12.1 Å². The zero-order valence-corrected chi connectivity index (χ0v) is 17.1. The summed E-state index contributed by atoms with van der Waals surface area (Å²) in [4.78, 5) is 23.9. The molecule has 2 rings (SSSR count). The predicted octanol–water partition coefficient (Wildman–Crippen LogP) is 2.21. The first-order valence-corrected chi connectivity index (χ1v) is 9.14. The van der Waals surface area contributed by atoms with E-state index >= 15 is 0 Å². The number of methoxy groups -OCH3 is 3. The van der Waals surface area contributed by atoms with E-state index in [0.717, 1.165) is 16.8 Å². The molecule has 3 N–H and O–H groups in total. The van der Waals surface area contributed by atoms with E-state index in [0.29, 0.717) is 23.7 Å². The van der Waals surface area contributed by atoms with Crippen LogP contribution in [0, 0.1) is 6.92 Å². The van der Waals surface area contributed by atoms with E-state index in [1.165, 1.54) is 21.3 Å². The lowest BCUT2D eigenvalue weighted by molar-refractivity contribution is -0.128. The van der Waals surface area contributed by atoms with E-state index in [1.807, 2.05) is 31.2 Å². The highest BCUT2D eigenvalue weighted by Gasteiger charge is 2.14. The first-order chi connectivity index (χ1) is 14.0. The van der Waals surface area contributed by atoms with Crippen molar-refractivity contribution in [3.05, 3.63) is 47.5 Å². The summed E-state index contributed by atoms with van der Waals surface area (Å²) < 4.78 is 15.9. The van der Waals surface area contributed by atoms with Crippen molar-refractivity contribution in [1.29, 1.82) is 0 Å². The molecule has 0 fully saturated rings. The van der Waals surface area contributed by atoms with Crippen molar-refractivity contribution in [3.8, 4) is 17.2 Å². The number of amides is 2. The molecule has 0 saturated carbocycles. The molecular formula is C21H27N3O5. The average molecular weight is 401 g/mol. The molecule has 0 aliphatic carbocycles. The number of ether oxygens (including phenoxy) is 3. The Bertz CT molecular complexity index is 812. The normalized spacial score (nSPS) is 10.1. The molecule has 2 amide bonds. The summed E-state index contributed by atoms with van der Waals surface area (Å²) in [7, 11) is 4.60. The molecule has 0 radical (unpaired) electrons. The Morgan fingerprint density at radius 2 is 1.45 bits per heavy atom. The molecular weight excluding hydrogens is 374 g/mol. The maximum absolute atomic E-state index is 12.0. The molecule has 0 unspecified atom stereocenters. The molecule has 2 aromatic carbocycles. The molecule has 156 valence electrons. The second kappa shape index (κ2) is 10.8. The van der Waals surface area contributed by atoms with Crippen LogP contribution < -0.4 is 30.4 Å². The standard InChI is InChI=1S/C21H27N3O5/c1-14-5-8-16(9-6-14)22-13-20(26)24-23-19(25)10-7-15-11-17(27-2)21(29-4)18(12-15)28-3/h5-6,8-9,11-12,22H,7,10,13H2,1-4H3,(H,23,25)(H,24,26). The third-order valence-electron chi connectivity index (χ3n) is 4.21. The highest BCUT2D eigenvalue weighted by atomic mass is 16.5. The fourth-order valence-corrected chi connectivity index (χ4v) is 2.64. The van der Waals surface area contributed by atoms with Crippen LogP contribution in [0.4, 0.5) is 5.69 Å². The van der Waals surface area contributed by atoms with Gasteiger partial charge in [0.15, 0.2) is 11.5 Å². The number of hydrogen-bond acceptors (Lipinski definition) is 6. The molecule has 0 spiro atoms. The smallest absolute Gasteiger partial charge is 0.257 e. The van der Waals surface area contributed by atoms with Gasteiger partial charge < -0.3 is 19.5 Å². The van der Waals surface area contributed by atoms with E-state index in [-0.39, 0.29) is 24.8 Å². The first-order valence-electron chi connectivity index (χ1n) is 9.14. The summed E-state index contributed by atoms with van der Waals surface area (Å²) in [6.07, 6.45) is 0.629. The van der Waals surface area contributed by atoms with Crippen LogP contribution in [0.25, 0.3) is 0 Å². The van der Waals surface area contributed by atoms with E-state index < -0.39 is 0 Å². The predicted molar refractivity (Wildman–Crippen MR) is 110 cm³/mol. The molecule has 0 saturated heterocycles. The minimum absolute atomic E-state index is 0.0518. The Morgan fingerprint density at radius 3 is 2.00 bits per heavy atom. The van der Waals surface area contributed by atoms with Crippen LogP contribution in [0.1, 0.15) is 17.5 Å². The molecule has 29 heavy (non-hydrogen) atoms. The number of nitrogens with one attached hydrogen (secondary N) is 3. The third kappa shape index (κ3) is 6.60. The second-order valence-corrected chi connectivity index (χ2v) is 6.35. The zero-order chi connectivity index (χ0) is 21.2. The van der Waals surface area contributed by atoms with Gasteiger partial charge in [0.05, 0.1) is 27.9 Å².